The third-order valence-corrected chi connectivity index (χ3v) is 3.73. The Bertz CT molecular complexity index is 610. The van der Waals surface area contributed by atoms with Gasteiger partial charge in [-0.1, -0.05) is 17.4 Å². The van der Waals surface area contributed by atoms with Gasteiger partial charge in [0, 0.05) is 13.7 Å². The number of fused-ring (bicyclic) bond motifs is 1. The first-order chi connectivity index (χ1) is 10.1. The molecule has 114 valence electrons. The lowest BCUT2D eigenvalue weighted by Crippen LogP contribution is -2.13. The Labute approximate surface area is 128 Å². The molecule has 0 atom stereocenters. The van der Waals surface area contributed by atoms with Crippen molar-refractivity contribution in [2.45, 2.75) is 26.4 Å². The number of anilines is 1. The molecular formula is C15H20N2O3S. The minimum atomic E-state index is -0.202. The summed E-state index contributed by atoms with van der Waals surface area (Å²) in [5.41, 5.74) is 1.88. The number of thiazole rings is 1. The first kappa shape index (κ1) is 15.7. The maximum Gasteiger partial charge on any atom is 0.310 e. The average molecular weight is 308 g/mol. The van der Waals surface area contributed by atoms with Gasteiger partial charge in [-0.3, -0.25) is 4.79 Å². The molecule has 0 aliphatic rings. The number of aromatic nitrogens is 1. The van der Waals surface area contributed by atoms with Crippen LogP contribution in [-0.4, -0.2) is 37.3 Å². The second-order valence-electron chi connectivity index (χ2n) is 4.96. The van der Waals surface area contributed by atoms with Gasteiger partial charge in [-0.25, -0.2) is 4.98 Å². The van der Waals surface area contributed by atoms with Crippen LogP contribution in [0.4, 0.5) is 5.13 Å². The Morgan fingerprint density at radius 1 is 1.43 bits per heavy atom. The summed E-state index contributed by atoms with van der Waals surface area (Å²) in [7, 11) is 1.67. The van der Waals surface area contributed by atoms with E-state index in [1.54, 1.807) is 18.4 Å². The van der Waals surface area contributed by atoms with Crippen molar-refractivity contribution in [1.29, 1.82) is 0 Å². The molecule has 0 saturated heterocycles. The lowest BCUT2D eigenvalue weighted by molar-refractivity contribution is -0.146. The fourth-order valence-electron chi connectivity index (χ4n) is 1.89. The molecule has 0 fully saturated rings. The highest BCUT2D eigenvalue weighted by Gasteiger charge is 2.09. The van der Waals surface area contributed by atoms with E-state index in [1.807, 2.05) is 32.0 Å². The van der Waals surface area contributed by atoms with Crippen LogP contribution in [0.1, 0.15) is 19.4 Å². The molecule has 1 aromatic carbocycles. The Morgan fingerprint density at radius 3 is 2.95 bits per heavy atom. The molecule has 2 aromatic rings. The maximum absolute atomic E-state index is 11.7. The molecule has 0 bridgehead atoms. The van der Waals surface area contributed by atoms with Crippen LogP contribution in [0.2, 0.25) is 0 Å². The third-order valence-electron chi connectivity index (χ3n) is 2.75. The van der Waals surface area contributed by atoms with Gasteiger partial charge in [-0.2, -0.15) is 0 Å². The second kappa shape index (κ2) is 7.38. The maximum atomic E-state index is 11.7. The highest BCUT2D eigenvalue weighted by molar-refractivity contribution is 7.22. The summed E-state index contributed by atoms with van der Waals surface area (Å²) in [6, 6.07) is 5.85. The number of rotatable bonds is 7. The first-order valence-electron chi connectivity index (χ1n) is 6.90. The fourth-order valence-corrected chi connectivity index (χ4v) is 2.84. The van der Waals surface area contributed by atoms with Crippen LogP contribution < -0.4 is 5.32 Å². The van der Waals surface area contributed by atoms with Gasteiger partial charge in [-0.15, -0.1) is 0 Å². The predicted octanol–water partition coefficient (Wildman–Crippen LogP) is 2.85. The predicted molar refractivity (Wildman–Crippen MR) is 84.9 cm³/mol. The van der Waals surface area contributed by atoms with Crippen molar-refractivity contribution in [3.63, 3.8) is 0 Å². The Kier molecular flexibility index (Phi) is 5.52. The zero-order valence-electron chi connectivity index (χ0n) is 12.5. The summed E-state index contributed by atoms with van der Waals surface area (Å²) in [5, 5.41) is 4.08. The second-order valence-corrected chi connectivity index (χ2v) is 5.99. The van der Waals surface area contributed by atoms with Gasteiger partial charge in [0.2, 0.25) is 0 Å². The molecule has 2 rings (SSSR count). The van der Waals surface area contributed by atoms with E-state index in [-0.39, 0.29) is 12.1 Å². The number of hydrogen-bond acceptors (Lipinski definition) is 6. The molecule has 6 heteroatoms. The molecule has 0 unspecified atom stereocenters. The highest BCUT2D eigenvalue weighted by Crippen LogP contribution is 2.26. The van der Waals surface area contributed by atoms with Gasteiger partial charge >= 0.3 is 5.97 Å². The number of esters is 1. The van der Waals surface area contributed by atoms with E-state index in [0.717, 1.165) is 27.5 Å². The van der Waals surface area contributed by atoms with Crippen LogP contribution in [0.15, 0.2) is 18.2 Å². The molecule has 5 nitrogen and oxygen atoms in total. The Balaban J connectivity index is 2.05. The molecule has 0 aliphatic carbocycles. The lowest BCUT2D eigenvalue weighted by Gasteiger charge is -2.07. The fraction of sp³-hybridized carbons (Fsp3) is 0.467. The molecule has 0 radical (unpaired) electrons. The van der Waals surface area contributed by atoms with Crippen molar-refractivity contribution in [2.75, 3.05) is 25.6 Å². The van der Waals surface area contributed by atoms with Gasteiger partial charge < -0.3 is 14.8 Å². The number of nitrogens with zero attached hydrogens (tertiary/aromatic N) is 1. The molecule has 1 heterocycles. The third kappa shape index (κ3) is 4.68. The van der Waals surface area contributed by atoms with Crippen LogP contribution in [0.5, 0.6) is 0 Å². The molecule has 0 spiro atoms. The van der Waals surface area contributed by atoms with Crippen molar-refractivity contribution >= 4 is 32.7 Å². The Morgan fingerprint density at radius 2 is 2.24 bits per heavy atom. The zero-order chi connectivity index (χ0) is 15.2. The van der Waals surface area contributed by atoms with Crippen molar-refractivity contribution in [2.24, 2.45) is 0 Å². The molecule has 1 aromatic heterocycles. The minimum Gasteiger partial charge on any atom is -0.463 e. The summed E-state index contributed by atoms with van der Waals surface area (Å²) >= 11 is 1.57. The summed E-state index contributed by atoms with van der Waals surface area (Å²) in [5.74, 6) is -0.202. The van der Waals surface area contributed by atoms with Crippen LogP contribution in [0.3, 0.4) is 0 Å². The van der Waals surface area contributed by atoms with Crippen molar-refractivity contribution in [3.05, 3.63) is 23.8 Å². The standard InChI is InChI=1S/C15H20N2O3S/c1-10(2)20-14(18)9-11-4-5-12-13(8-11)21-15(17-12)16-6-7-19-3/h4-5,8,10H,6-7,9H2,1-3H3,(H,16,17). The molecule has 1 N–H and O–H groups in total. The first-order valence-corrected chi connectivity index (χ1v) is 7.72. The SMILES string of the molecule is COCCNc1nc2ccc(CC(=O)OC(C)C)cc2s1. The van der Waals surface area contributed by atoms with Gasteiger partial charge in [0.05, 0.1) is 29.3 Å². The largest absolute Gasteiger partial charge is 0.463 e. The average Bonchev–Trinajstić information content (AvgIpc) is 2.80. The number of methoxy groups -OCH3 is 1. The summed E-state index contributed by atoms with van der Waals surface area (Å²) < 4.78 is 11.2. The van der Waals surface area contributed by atoms with Crippen molar-refractivity contribution in [3.8, 4) is 0 Å². The number of benzene rings is 1. The molecular weight excluding hydrogens is 288 g/mol. The summed E-state index contributed by atoms with van der Waals surface area (Å²) in [6.07, 6.45) is 0.208. The lowest BCUT2D eigenvalue weighted by atomic mass is 10.1. The topological polar surface area (TPSA) is 60.5 Å². The normalized spacial score (nSPS) is 11.0. The minimum absolute atomic E-state index is 0.0822. The van der Waals surface area contributed by atoms with Gasteiger partial charge in [-0.05, 0) is 31.5 Å². The van der Waals surface area contributed by atoms with Crippen LogP contribution in [-0.2, 0) is 20.7 Å². The van der Waals surface area contributed by atoms with E-state index < -0.39 is 0 Å². The smallest absolute Gasteiger partial charge is 0.310 e. The van der Waals surface area contributed by atoms with Gasteiger partial charge in [0.1, 0.15) is 0 Å². The molecule has 21 heavy (non-hydrogen) atoms. The number of carbonyl (C=O) groups is 1. The molecule has 0 aliphatic heterocycles. The number of hydrogen-bond donors (Lipinski definition) is 1. The van der Waals surface area contributed by atoms with Crippen LogP contribution in [0, 0.1) is 0 Å². The quantitative estimate of drug-likeness (QED) is 0.629. The van der Waals surface area contributed by atoms with Crippen LogP contribution in [0.25, 0.3) is 10.2 Å². The van der Waals surface area contributed by atoms with Gasteiger partial charge in [0.15, 0.2) is 5.13 Å². The van der Waals surface area contributed by atoms with E-state index >= 15 is 0 Å². The molecule has 0 saturated carbocycles. The van der Waals surface area contributed by atoms with Crippen molar-refractivity contribution < 1.29 is 14.3 Å². The van der Waals surface area contributed by atoms with E-state index in [1.165, 1.54) is 0 Å². The monoisotopic (exact) mass is 308 g/mol. The molecule has 0 amide bonds. The number of carbonyl (C=O) groups excluding carboxylic acids is 1. The van der Waals surface area contributed by atoms with E-state index in [0.29, 0.717) is 13.0 Å². The van der Waals surface area contributed by atoms with Crippen LogP contribution >= 0.6 is 11.3 Å². The Hall–Kier alpha value is -1.66. The zero-order valence-corrected chi connectivity index (χ0v) is 13.3. The summed E-state index contributed by atoms with van der Waals surface area (Å²) in [6.45, 7) is 5.07. The summed E-state index contributed by atoms with van der Waals surface area (Å²) in [4.78, 5) is 16.2. The van der Waals surface area contributed by atoms with E-state index in [9.17, 15) is 4.79 Å². The van der Waals surface area contributed by atoms with E-state index in [4.69, 9.17) is 9.47 Å². The number of ether oxygens (including phenoxy) is 2. The number of nitrogens with one attached hydrogen (secondary N) is 1. The van der Waals surface area contributed by atoms with E-state index in [2.05, 4.69) is 10.3 Å². The van der Waals surface area contributed by atoms with Gasteiger partial charge in [0.25, 0.3) is 0 Å². The van der Waals surface area contributed by atoms with Crippen molar-refractivity contribution in [1.82, 2.24) is 4.98 Å². The highest BCUT2D eigenvalue weighted by atomic mass is 32.1.